The van der Waals surface area contributed by atoms with Crippen LogP contribution < -0.4 is 5.46 Å². The van der Waals surface area contributed by atoms with Crippen LogP contribution in [-0.4, -0.2) is 60.2 Å². The first kappa shape index (κ1) is 43.0. The van der Waals surface area contributed by atoms with E-state index < -0.39 is 7.12 Å². The topological polar surface area (TPSA) is 135 Å². The molecule has 4 heterocycles. The van der Waals surface area contributed by atoms with Crippen molar-refractivity contribution in [3.63, 3.8) is 0 Å². The van der Waals surface area contributed by atoms with E-state index in [1.54, 1.807) is 12.1 Å². The highest BCUT2D eigenvalue weighted by molar-refractivity contribution is 6.58. The third kappa shape index (κ3) is 10.8. The SMILES string of the molecule is CC/C(=C(/c1ccc(O)cc1)c1ccc2c(cnn2C2CCCCO2)c1)c1ccccc1.CCC#Cc1ccc2c(cnn2C2CCCCO2)c1.OB(O)c1ccc(O)cc1. The van der Waals surface area contributed by atoms with Crippen LogP contribution in [0.2, 0.25) is 0 Å². The molecule has 0 bridgehead atoms. The van der Waals surface area contributed by atoms with E-state index in [0.717, 1.165) is 90.2 Å². The Morgan fingerprint density at radius 2 is 1.21 bits per heavy atom. The summed E-state index contributed by atoms with van der Waals surface area (Å²) in [6, 6.07) is 36.5. The molecule has 5 aromatic carbocycles. The second-order valence-electron chi connectivity index (χ2n) is 15.1. The molecule has 2 aliphatic heterocycles. The second kappa shape index (κ2) is 20.9. The maximum atomic E-state index is 9.85. The zero-order valence-electron chi connectivity index (χ0n) is 34.8. The van der Waals surface area contributed by atoms with Crippen LogP contribution in [0.15, 0.2) is 128 Å². The van der Waals surface area contributed by atoms with Crippen molar-refractivity contribution < 1.29 is 29.7 Å². The molecule has 2 fully saturated rings. The van der Waals surface area contributed by atoms with Gasteiger partial charge in [0.15, 0.2) is 12.5 Å². The Morgan fingerprint density at radius 3 is 1.75 bits per heavy atom. The fraction of sp³-hybridized carbons (Fsp3) is 0.280. The number of fused-ring (bicyclic) bond motifs is 2. The lowest BCUT2D eigenvalue weighted by molar-refractivity contribution is -0.0367. The molecule has 0 radical (unpaired) electrons. The van der Waals surface area contributed by atoms with Gasteiger partial charge in [0.25, 0.3) is 0 Å². The summed E-state index contributed by atoms with van der Waals surface area (Å²) < 4.78 is 15.8. The van der Waals surface area contributed by atoms with E-state index in [9.17, 15) is 5.11 Å². The number of phenolic OH excluding ortho intramolecular Hbond substituents is 2. The number of benzene rings is 5. The summed E-state index contributed by atoms with van der Waals surface area (Å²) in [6.45, 7) is 5.89. The average Bonchev–Trinajstić information content (AvgIpc) is 3.93. The summed E-state index contributed by atoms with van der Waals surface area (Å²) in [6.07, 6.45) is 12.5. The lowest BCUT2D eigenvalue weighted by Crippen LogP contribution is -2.29. The monoisotopic (exact) mass is 816 g/mol. The Balaban J connectivity index is 0.000000162. The fourth-order valence-electron chi connectivity index (χ4n) is 7.78. The van der Waals surface area contributed by atoms with Crippen LogP contribution in [0, 0.1) is 11.8 Å². The van der Waals surface area contributed by atoms with Gasteiger partial charge in [-0.3, -0.25) is 0 Å². The number of ether oxygens (including phenoxy) is 2. The van der Waals surface area contributed by atoms with Gasteiger partial charge in [-0.25, -0.2) is 9.36 Å². The van der Waals surface area contributed by atoms with Gasteiger partial charge in [-0.15, -0.1) is 0 Å². The molecule has 0 amide bonds. The van der Waals surface area contributed by atoms with Crippen LogP contribution in [-0.2, 0) is 9.47 Å². The largest absolute Gasteiger partial charge is 0.508 e. The lowest BCUT2D eigenvalue weighted by Gasteiger charge is -2.23. The molecule has 10 nitrogen and oxygen atoms in total. The highest BCUT2D eigenvalue weighted by Gasteiger charge is 2.21. The highest BCUT2D eigenvalue weighted by atomic mass is 16.5. The molecule has 2 atom stereocenters. The van der Waals surface area contributed by atoms with Gasteiger partial charge < -0.3 is 29.7 Å². The average molecular weight is 817 g/mol. The zero-order chi connectivity index (χ0) is 42.6. The van der Waals surface area contributed by atoms with E-state index in [0.29, 0.717) is 5.46 Å². The van der Waals surface area contributed by atoms with Gasteiger partial charge in [-0.1, -0.05) is 86.4 Å². The first-order valence-electron chi connectivity index (χ1n) is 21.2. The van der Waals surface area contributed by atoms with E-state index >= 15 is 0 Å². The van der Waals surface area contributed by atoms with Gasteiger partial charge in [0, 0.05) is 36.0 Å². The Bertz CT molecular complexity index is 2580. The standard InChI is InChI=1S/C28H28N2O2.C16H18N2O.C6H7BO3/c1-2-25(20-8-4-3-5-9-20)28(21-11-14-24(31)15-12-21)22-13-16-26-23(18-22)19-29-30(26)27-10-6-7-17-32-27;1-2-3-6-13-8-9-15-14(11-13)12-17-18(15)16-7-4-5-10-19-16;8-6-3-1-5(2-4-6)7(9)10/h3-5,8-9,11-16,18-19,27,31H,2,6-7,10,17H2,1H3;8-9,11-12,16H,2,4-5,7,10H2,1H3;1-4,8-10H/b28-25+;;. The molecule has 11 heteroatoms. The number of allylic oxidation sites excluding steroid dienone is 1. The summed E-state index contributed by atoms with van der Waals surface area (Å²) in [5.74, 6) is 6.64. The number of hydrogen-bond donors (Lipinski definition) is 4. The van der Waals surface area contributed by atoms with Gasteiger partial charge in [-0.2, -0.15) is 10.2 Å². The van der Waals surface area contributed by atoms with Crippen molar-refractivity contribution in [1.29, 1.82) is 0 Å². The van der Waals surface area contributed by atoms with Gasteiger partial charge in [0.1, 0.15) is 11.5 Å². The second-order valence-corrected chi connectivity index (χ2v) is 15.1. The van der Waals surface area contributed by atoms with Crippen molar-refractivity contribution in [3.8, 4) is 23.3 Å². The third-order valence-corrected chi connectivity index (χ3v) is 10.9. The van der Waals surface area contributed by atoms with E-state index in [1.165, 1.54) is 53.8 Å². The molecular formula is C50H53BN4O6. The van der Waals surface area contributed by atoms with Crippen molar-refractivity contribution in [1.82, 2.24) is 19.6 Å². The minimum Gasteiger partial charge on any atom is -0.508 e. The van der Waals surface area contributed by atoms with Crippen LogP contribution in [0.1, 0.15) is 99.9 Å². The molecule has 0 saturated carbocycles. The smallest absolute Gasteiger partial charge is 0.488 e. The quantitative estimate of drug-likeness (QED) is 0.0711. The predicted molar refractivity (Wildman–Crippen MR) is 243 cm³/mol. The molecule has 7 aromatic rings. The number of hydrogen-bond acceptors (Lipinski definition) is 8. The molecule has 2 aliphatic rings. The molecule has 0 aliphatic carbocycles. The fourth-order valence-corrected chi connectivity index (χ4v) is 7.78. The van der Waals surface area contributed by atoms with E-state index in [2.05, 4.69) is 96.5 Å². The Morgan fingerprint density at radius 1 is 0.656 bits per heavy atom. The third-order valence-electron chi connectivity index (χ3n) is 10.9. The molecule has 61 heavy (non-hydrogen) atoms. The summed E-state index contributed by atoms with van der Waals surface area (Å²) in [7, 11) is -1.46. The van der Waals surface area contributed by atoms with Gasteiger partial charge in [-0.05, 0) is 133 Å². The zero-order valence-corrected chi connectivity index (χ0v) is 34.8. The maximum Gasteiger partial charge on any atom is 0.488 e. The summed E-state index contributed by atoms with van der Waals surface area (Å²) in [4.78, 5) is 0. The van der Waals surface area contributed by atoms with Crippen molar-refractivity contribution >= 4 is 45.5 Å². The Hall–Kier alpha value is -6.16. The van der Waals surface area contributed by atoms with Crippen LogP contribution in [0.25, 0.3) is 33.0 Å². The first-order chi connectivity index (χ1) is 29.8. The van der Waals surface area contributed by atoms with Gasteiger partial charge in [0.2, 0.25) is 0 Å². The van der Waals surface area contributed by atoms with Crippen molar-refractivity contribution in [2.45, 2.75) is 77.7 Å². The Kier molecular flexibility index (Phi) is 14.7. The molecule has 2 aromatic heterocycles. The van der Waals surface area contributed by atoms with Gasteiger partial charge >= 0.3 is 7.12 Å². The maximum absolute atomic E-state index is 9.85. The highest BCUT2D eigenvalue weighted by Crippen LogP contribution is 2.37. The van der Waals surface area contributed by atoms with Crippen molar-refractivity contribution in [2.75, 3.05) is 13.2 Å². The molecular weight excluding hydrogens is 763 g/mol. The van der Waals surface area contributed by atoms with Crippen LogP contribution in [0.3, 0.4) is 0 Å². The lowest BCUT2D eigenvalue weighted by atomic mass is 9.80. The predicted octanol–water partition coefficient (Wildman–Crippen LogP) is 9.38. The van der Waals surface area contributed by atoms with Crippen molar-refractivity contribution in [2.24, 2.45) is 0 Å². The minimum atomic E-state index is -1.46. The van der Waals surface area contributed by atoms with Crippen LogP contribution >= 0.6 is 0 Å². The van der Waals surface area contributed by atoms with Crippen LogP contribution in [0.5, 0.6) is 11.5 Å². The van der Waals surface area contributed by atoms with E-state index in [4.69, 9.17) is 24.6 Å². The first-order valence-corrected chi connectivity index (χ1v) is 21.2. The minimum absolute atomic E-state index is 0.0229. The molecule has 0 spiro atoms. The molecule has 9 rings (SSSR count). The van der Waals surface area contributed by atoms with Crippen molar-refractivity contribution in [3.05, 3.63) is 150 Å². The summed E-state index contributed by atoms with van der Waals surface area (Å²) in [5, 5.41) is 47.2. The molecule has 312 valence electrons. The number of phenols is 2. The number of aromatic hydroxyl groups is 2. The van der Waals surface area contributed by atoms with Crippen LogP contribution in [0.4, 0.5) is 0 Å². The summed E-state index contributed by atoms with van der Waals surface area (Å²) in [5.41, 5.74) is 9.57. The van der Waals surface area contributed by atoms with Gasteiger partial charge in [0.05, 0.1) is 23.4 Å². The van der Waals surface area contributed by atoms with E-state index in [1.807, 2.05) is 40.0 Å². The Labute approximate surface area is 357 Å². The molecule has 2 saturated heterocycles. The number of rotatable bonds is 7. The summed E-state index contributed by atoms with van der Waals surface area (Å²) >= 11 is 0. The number of nitrogens with zero attached hydrogens (tertiary/aromatic N) is 4. The number of aromatic nitrogens is 4. The normalized spacial score (nSPS) is 16.6. The molecule has 4 N–H and O–H groups in total. The van der Waals surface area contributed by atoms with E-state index in [-0.39, 0.29) is 24.0 Å². The molecule has 2 unspecified atom stereocenters.